The first-order valence-corrected chi connectivity index (χ1v) is 6.09. The van der Waals surface area contributed by atoms with Gasteiger partial charge in [-0.15, -0.1) is 5.10 Å². The number of amides is 1. The molecule has 2 N–H and O–H groups in total. The van der Waals surface area contributed by atoms with Crippen molar-refractivity contribution in [3.05, 3.63) is 35.9 Å². The third-order valence-corrected chi connectivity index (χ3v) is 2.41. The number of hydrogen-bond donors (Lipinski definition) is 2. The molecule has 0 aliphatic rings. The van der Waals surface area contributed by atoms with Gasteiger partial charge in [0.2, 0.25) is 5.91 Å². The van der Waals surface area contributed by atoms with Crippen LogP contribution in [0.5, 0.6) is 0 Å². The molecule has 0 aliphatic heterocycles. The summed E-state index contributed by atoms with van der Waals surface area (Å²) in [6.07, 6.45) is 1.59. The second-order valence-electron chi connectivity index (χ2n) is 4.03. The van der Waals surface area contributed by atoms with Crippen molar-refractivity contribution in [1.82, 2.24) is 20.2 Å². The molecule has 0 unspecified atom stereocenters. The predicted molar refractivity (Wildman–Crippen MR) is 71.4 cm³/mol. The van der Waals surface area contributed by atoms with Crippen molar-refractivity contribution in [2.45, 2.75) is 13.0 Å². The molecule has 2 aromatic rings. The van der Waals surface area contributed by atoms with Crippen LogP contribution >= 0.6 is 0 Å². The fourth-order valence-electron chi connectivity index (χ4n) is 1.51. The lowest BCUT2D eigenvalue weighted by Crippen LogP contribution is -2.19. The largest absolute Gasteiger partial charge is 0.395 e. The highest BCUT2D eigenvalue weighted by molar-refractivity contribution is 5.90. The number of carbonyl (C=O) groups is 1. The molecule has 0 fully saturated rings. The Morgan fingerprint density at radius 2 is 2.33 bits per heavy atom. The molecular weight excluding hydrogens is 277 g/mol. The van der Waals surface area contributed by atoms with Crippen LogP contribution in [0.1, 0.15) is 12.0 Å². The zero-order valence-electron chi connectivity index (χ0n) is 11.0. The molecule has 1 amide bonds. The van der Waals surface area contributed by atoms with Gasteiger partial charge in [-0.3, -0.25) is 4.79 Å². The maximum Gasteiger partial charge on any atom is 0.246 e. The van der Waals surface area contributed by atoms with Crippen LogP contribution in [0, 0.1) is 17.7 Å². The molecule has 7 nitrogen and oxygen atoms in total. The van der Waals surface area contributed by atoms with Crippen LogP contribution in [-0.2, 0) is 11.3 Å². The molecule has 0 saturated carbocycles. The SMILES string of the molecule is O=C(Cn1cnnn1)Nc1ccc(C#CCCO)c(F)c1. The Labute approximate surface area is 119 Å². The minimum Gasteiger partial charge on any atom is -0.395 e. The highest BCUT2D eigenvalue weighted by Crippen LogP contribution is 2.13. The van der Waals surface area contributed by atoms with Gasteiger partial charge in [-0.2, -0.15) is 0 Å². The molecule has 1 aromatic carbocycles. The number of nitrogens with zero attached hydrogens (tertiary/aromatic N) is 4. The summed E-state index contributed by atoms with van der Waals surface area (Å²) in [5.41, 5.74) is 0.528. The van der Waals surface area contributed by atoms with E-state index in [9.17, 15) is 9.18 Å². The van der Waals surface area contributed by atoms with Crippen molar-refractivity contribution < 1.29 is 14.3 Å². The van der Waals surface area contributed by atoms with E-state index in [0.717, 1.165) is 0 Å². The van der Waals surface area contributed by atoms with E-state index in [1.54, 1.807) is 6.07 Å². The Hall–Kier alpha value is -2.79. The summed E-state index contributed by atoms with van der Waals surface area (Å²) in [5.74, 6) is 4.32. The average molecular weight is 289 g/mol. The number of carbonyl (C=O) groups excluding carboxylic acids is 1. The Morgan fingerprint density at radius 1 is 1.48 bits per heavy atom. The zero-order chi connectivity index (χ0) is 15.1. The van der Waals surface area contributed by atoms with E-state index in [0.29, 0.717) is 5.69 Å². The Morgan fingerprint density at radius 3 is 3.00 bits per heavy atom. The topological polar surface area (TPSA) is 92.9 Å². The van der Waals surface area contributed by atoms with Crippen LogP contribution in [0.25, 0.3) is 0 Å². The summed E-state index contributed by atoms with van der Waals surface area (Å²) >= 11 is 0. The summed E-state index contributed by atoms with van der Waals surface area (Å²) in [4.78, 5) is 11.7. The number of nitrogens with one attached hydrogen (secondary N) is 1. The van der Waals surface area contributed by atoms with Crippen LogP contribution in [-0.4, -0.2) is 37.8 Å². The average Bonchev–Trinajstić information content (AvgIpc) is 2.94. The standard InChI is InChI=1S/C13H12FN5O2/c14-12-7-11(5-4-10(12)3-1-2-6-20)16-13(21)8-19-9-15-17-18-19/h4-5,7,9,20H,2,6,8H2,(H,16,21). The Balaban J connectivity index is 2.00. The molecular formula is C13H12FN5O2. The second-order valence-corrected chi connectivity index (χ2v) is 4.03. The van der Waals surface area contributed by atoms with E-state index < -0.39 is 5.82 Å². The maximum absolute atomic E-state index is 13.8. The number of halogens is 1. The van der Waals surface area contributed by atoms with Crippen molar-refractivity contribution in [2.24, 2.45) is 0 Å². The molecule has 1 heterocycles. The van der Waals surface area contributed by atoms with Gasteiger partial charge in [0.05, 0.1) is 12.2 Å². The zero-order valence-corrected chi connectivity index (χ0v) is 11.0. The van der Waals surface area contributed by atoms with Crippen LogP contribution in [0.3, 0.4) is 0 Å². The fraction of sp³-hybridized carbons (Fsp3) is 0.231. The predicted octanol–water partition coefficient (Wildman–Crippen LogP) is 0.185. The number of hydrogen-bond acceptors (Lipinski definition) is 5. The van der Waals surface area contributed by atoms with Gasteiger partial charge in [-0.1, -0.05) is 11.8 Å². The van der Waals surface area contributed by atoms with Crippen LogP contribution < -0.4 is 5.32 Å². The van der Waals surface area contributed by atoms with Gasteiger partial charge in [0.15, 0.2) is 0 Å². The molecule has 8 heteroatoms. The quantitative estimate of drug-likeness (QED) is 0.783. The van der Waals surface area contributed by atoms with Crippen molar-refractivity contribution in [3.63, 3.8) is 0 Å². The number of aliphatic hydroxyl groups is 1. The summed E-state index contributed by atoms with van der Waals surface area (Å²) in [6.45, 7) is -0.132. The van der Waals surface area contributed by atoms with E-state index in [-0.39, 0.29) is 31.0 Å². The molecule has 0 bridgehead atoms. The third-order valence-electron chi connectivity index (χ3n) is 2.41. The molecule has 0 atom stereocenters. The van der Waals surface area contributed by atoms with Gasteiger partial charge in [0.1, 0.15) is 18.7 Å². The van der Waals surface area contributed by atoms with Crippen LogP contribution in [0.15, 0.2) is 24.5 Å². The molecule has 0 saturated heterocycles. The monoisotopic (exact) mass is 289 g/mol. The van der Waals surface area contributed by atoms with E-state index in [1.807, 2.05) is 0 Å². The second kappa shape index (κ2) is 7.12. The molecule has 108 valence electrons. The first-order chi connectivity index (χ1) is 10.2. The summed E-state index contributed by atoms with van der Waals surface area (Å²) in [7, 11) is 0. The highest BCUT2D eigenvalue weighted by atomic mass is 19.1. The lowest BCUT2D eigenvalue weighted by molar-refractivity contribution is -0.116. The smallest absolute Gasteiger partial charge is 0.246 e. The van der Waals surface area contributed by atoms with Crippen molar-refractivity contribution in [1.29, 1.82) is 0 Å². The normalized spacial score (nSPS) is 9.81. The van der Waals surface area contributed by atoms with Gasteiger partial charge in [0, 0.05) is 12.1 Å². The lowest BCUT2D eigenvalue weighted by Gasteiger charge is -2.05. The fourth-order valence-corrected chi connectivity index (χ4v) is 1.51. The highest BCUT2D eigenvalue weighted by Gasteiger charge is 2.07. The van der Waals surface area contributed by atoms with E-state index in [4.69, 9.17) is 5.11 Å². The Bertz CT molecular complexity index is 676. The summed E-state index contributed by atoms with van der Waals surface area (Å²) in [6, 6.07) is 4.19. The van der Waals surface area contributed by atoms with Gasteiger partial charge >= 0.3 is 0 Å². The molecule has 0 spiro atoms. The number of aliphatic hydroxyl groups excluding tert-OH is 1. The third kappa shape index (κ3) is 4.36. The van der Waals surface area contributed by atoms with Gasteiger partial charge < -0.3 is 10.4 Å². The molecule has 1 aromatic heterocycles. The van der Waals surface area contributed by atoms with Crippen molar-refractivity contribution in [3.8, 4) is 11.8 Å². The van der Waals surface area contributed by atoms with Gasteiger partial charge in [-0.05, 0) is 28.6 Å². The van der Waals surface area contributed by atoms with Crippen molar-refractivity contribution in [2.75, 3.05) is 11.9 Å². The molecule has 0 radical (unpaired) electrons. The number of benzene rings is 1. The van der Waals surface area contributed by atoms with E-state index in [2.05, 4.69) is 32.7 Å². The summed E-state index contributed by atoms with van der Waals surface area (Å²) < 4.78 is 15.0. The van der Waals surface area contributed by atoms with Crippen LogP contribution in [0.2, 0.25) is 0 Å². The first kappa shape index (κ1) is 14.6. The van der Waals surface area contributed by atoms with Crippen molar-refractivity contribution >= 4 is 11.6 Å². The number of tetrazole rings is 1. The first-order valence-electron chi connectivity index (χ1n) is 6.09. The molecule has 0 aliphatic carbocycles. The minimum absolute atomic E-state index is 0.0628. The Kier molecular flexibility index (Phi) is 4.95. The van der Waals surface area contributed by atoms with Gasteiger partial charge in [-0.25, -0.2) is 9.07 Å². The van der Waals surface area contributed by atoms with Gasteiger partial charge in [0.25, 0.3) is 0 Å². The number of aromatic nitrogens is 4. The van der Waals surface area contributed by atoms with E-state index in [1.165, 1.54) is 23.1 Å². The van der Waals surface area contributed by atoms with E-state index >= 15 is 0 Å². The number of rotatable bonds is 4. The van der Waals surface area contributed by atoms with Crippen LogP contribution in [0.4, 0.5) is 10.1 Å². The minimum atomic E-state index is -0.541. The summed E-state index contributed by atoms with van der Waals surface area (Å²) in [5, 5.41) is 21.5. The lowest BCUT2D eigenvalue weighted by atomic mass is 10.2. The maximum atomic E-state index is 13.8. The molecule has 21 heavy (non-hydrogen) atoms. The molecule has 2 rings (SSSR count). The number of anilines is 1.